The number of nitrogens with one attached hydrogen (secondary N) is 1. The van der Waals surface area contributed by atoms with E-state index in [9.17, 15) is 4.39 Å². The molecule has 0 radical (unpaired) electrons. The van der Waals surface area contributed by atoms with Crippen LogP contribution in [-0.4, -0.2) is 48.1 Å². The van der Waals surface area contributed by atoms with Gasteiger partial charge in [0.15, 0.2) is 0 Å². The minimum atomic E-state index is -0.108. The fourth-order valence-electron chi connectivity index (χ4n) is 3.11. The zero-order valence-corrected chi connectivity index (χ0v) is 15.0. The lowest BCUT2D eigenvalue weighted by atomic mass is 10.0. The Morgan fingerprint density at radius 1 is 1.20 bits per heavy atom. The first kappa shape index (κ1) is 17.8. The molecule has 1 aromatic heterocycles. The Morgan fingerprint density at radius 3 is 2.68 bits per heavy atom. The second-order valence-electron chi connectivity index (χ2n) is 6.77. The number of likely N-dealkylation sites (tertiary alicyclic amines) is 1. The Morgan fingerprint density at radius 2 is 1.96 bits per heavy atom. The van der Waals surface area contributed by atoms with Crippen molar-refractivity contribution in [2.75, 3.05) is 32.1 Å². The summed E-state index contributed by atoms with van der Waals surface area (Å²) in [5, 5.41) is 3.59. The van der Waals surface area contributed by atoms with Crippen molar-refractivity contribution in [2.24, 2.45) is 0 Å². The molecule has 0 unspecified atom stereocenters. The van der Waals surface area contributed by atoms with Gasteiger partial charge in [0.25, 0.3) is 0 Å². The summed E-state index contributed by atoms with van der Waals surface area (Å²) in [6.45, 7) is 3.41. The van der Waals surface area contributed by atoms with Crippen LogP contribution < -0.4 is 10.2 Å². The number of nitrogens with zero attached hydrogens (tertiary/aromatic N) is 4. The van der Waals surface area contributed by atoms with Gasteiger partial charge in [-0.2, -0.15) is 0 Å². The monoisotopic (exact) mass is 343 g/mol. The fraction of sp³-hybridized carbons (Fsp3) is 0.474. The number of rotatable bonds is 6. The molecule has 5 nitrogen and oxygen atoms in total. The lowest BCUT2D eigenvalue weighted by Crippen LogP contribution is -2.42. The Hall–Kier alpha value is -2.05. The van der Waals surface area contributed by atoms with E-state index >= 15 is 0 Å². The van der Waals surface area contributed by atoms with Crippen molar-refractivity contribution in [3.05, 3.63) is 53.6 Å². The maximum atomic E-state index is 13.8. The van der Waals surface area contributed by atoms with Crippen LogP contribution >= 0.6 is 0 Å². The molecule has 0 bridgehead atoms. The van der Waals surface area contributed by atoms with Gasteiger partial charge in [0, 0.05) is 45.0 Å². The first-order valence-electron chi connectivity index (χ1n) is 8.80. The summed E-state index contributed by atoms with van der Waals surface area (Å²) in [4.78, 5) is 13.0. The van der Waals surface area contributed by atoms with E-state index in [1.54, 1.807) is 12.3 Å². The van der Waals surface area contributed by atoms with Gasteiger partial charge >= 0.3 is 0 Å². The van der Waals surface area contributed by atoms with E-state index in [0.717, 1.165) is 49.7 Å². The van der Waals surface area contributed by atoms with Gasteiger partial charge in [-0.25, -0.2) is 14.4 Å². The van der Waals surface area contributed by atoms with E-state index < -0.39 is 0 Å². The van der Waals surface area contributed by atoms with Gasteiger partial charge in [0.2, 0.25) is 5.95 Å². The zero-order valence-electron chi connectivity index (χ0n) is 15.0. The highest BCUT2D eigenvalue weighted by molar-refractivity contribution is 5.27. The number of benzene rings is 1. The number of halogens is 1. The first-order chi connectivity index (χ1) is 12.1. The largest absolute Gasteiger partial charge is 0.347 e. The third-order valence-electron chi connectivity index (χ3n) is 4.61. The van der Waals surface area contributed by atoms with Crippen LogP contribution in [0, 0.1) is 5.82 Å². The Bertz CT molecular complexity index is 683. The molecule has 1 aromatic carbocycles. The van der Waals surface area contributed by atoms with Crippen molar-refractivity contribution in [2.45, 2.75) is 32.0 Å². The molecule has 1 fully saturated rings. The van der Waals surface area contributed by atoms with E-state index in [2.05, 4.69) is 20.2 Å². The molecule has 1 N–H and O–H groups in total. The molecule has 2 heterocycles. The van der Waals surface area contributed by atoms with Gasteiger partial charge in [-0.05, 0) is 38.1 Å². The zero-order chi connectivity index (χ0) is 17.6. The van der Waals surface area contributed by atoms with Crippen LogP contribution in [-0.2, 0) is 13.1 Å². The molecule has 1 aliphatic heterocycles. The van der Waals surface area contributed by atoms with Crippen molar-refractivity contribution in [3.63, 3.8) is 0 Å². The van der Waals surface area contributed by atoms with E-state index in [1.807, 2.05) is 37.2 Å². The Labute approximate surface area is 148 Å². The molecule has 134 valence electrons. The average molecular weight is 343 g/mol. The Kier molecular flexibility index (Phi) is 5.94. The highest BCUT2D eigenvalue weighted by atomic mass is 19.1. The van der Waals surface area contributed by atoms with Gasteiger partial charge < -0.3 is 10.2 Å². The van der Waals surface area contributed by atoms with Gasteiger partial charge in [0.1, 0.15) is 5.82 Å². The fourth-order valence-corrected chi connectivity index (χ4v) is 3.11. The maximum absolute atomic E-state index is 13.8. The van der Waals surface area contributed by atoms with Crippen LogP contribution in [0.3, 0.4) is 0 Å². The summed E-state index contributed by atoms with van der Waals surface area (Å²) in [5.41, 5.74) is 1.79. The van der Waals surface area contributed by atoms with E-state index in [4.69, 9.17) is 0 Å². The third-order valence-corrected chi connectivity index (χ3v) is 4.61. The smallest absolute Gasteiger partial charge is 0.225 e. The quantitative estimate of drug-likeness (QED) is 0.873. The molecule has 3 rings (SSSR count). The van der Waals surface area contributed by atoms with E-state index in [0.29, 0.717) is 12.6 Å². The third kappa shape index (κ3) is 4.96. The van der Waals surface area contributed by atoms with Crippen LogP contribution in [0.4, 0.5) is 10.3 Å². The lowest BCUT2D eigenvalue weighted by Gasteiger charge is -2.32. The minimum Gasteiger partial charge on any atom is -0.347 e. The van der Waals surface area contributed by atoms with Crippen molar-refractivity contribution in [1.29, 1.82) is 0 Å². The molecule has 1 saturated heterocycles. The van der Waals surface area contributed by atoms with Crippen LogP contribution in [0.2, 0.25) is 0 Å². The lowest BCUT2D eigenvalue weighted by molar-refractivity contribution is 0.188. The summed E-state index contributed by atoms with van der Waals surface area (Å²) in [5.74, 6) is 0.627. The maximum Gasteiger partial charge on any atom is 0.225 e. The SMILES string of the molecule is CN(C)c1nccc(CNC2CCN(Cc3ccccc3F)CC2)n1. The van der Waals surface area contributed by atoms with E-state index in [1.165, 1.54) is 6.07 Å². The number of anilines is 1. The molecular weight excluding hydrogens is 317 g/mol. The molecule has 25 heavy (non-hydrogen) atoms. The molecule has 1 aliphatic rings. The normalized spacial score (nSPS) is 16.1. The van der Waals surface area contributed by atoms with Crippen LogP contribution in [0.15, 0.2) is 36.5 Å². The molecule has 0 saturated carbocycles. The minimum absolute atomic E-state index is 0.108. The van der Waals surface area contributed by atoms with Crippen molar-refractivity contribution in [1.82, 2.24) is 20.2 Å². The second kappa shape index (κ2) is 8.36. The Balaban J connectivity index is 1.45. The average Bonchev–Trinajstić information content (AvgIpc) is 2.63. The van der Waals surface area contributed by atoms with Crippen molar-refractivity contribution < 1.29 is 4.39 Å². The second-order valence-corrected chi connectivity index (χ2v) is 6.77. The van der Waals surface area contributed by atoms with Crippen molar-refractivity contribution in [3.8, 4) is 0 Å². The number of hydrogen-bond acceptors (Lipinski definition) is 5. The summed E-state index contributed by atoms with van der Waals surface area (Å²) >= 11 is 0. The summed E-state index contributed by atoms with van der Waals surface area (Å²) < 4.78 is 13.8. The number of aromatic nitrogens is 2. The van der Waals surface area contributed by atoms with Crippen molar-refractivity contribution >= 4 is 5.95 Å². The molecule has 0 aliphatic carbocycles. The molecule has 6 heteroatoms. The molecule has 0 amide bonds. The van der Waals surface area contributed by atoms with Crippen LogP contribution in [0.25, 0.3) is 0 Å². The van der Waals surface area contributed by atoms with Crippen LogP contribution in [0.5, 0.6) is 0 Å². The highest BCUT2D eigenvalue weighted by Gasteiger charge is 2.19. The molecule has 0 atom stereocenters. The summed E-state index contributed by atoms with van der Waals surface area (Å²) in [7, 11) is 3.88. The predicted octanol–water partition coefficient (Wildman–Crippen LogP) is 2.44. The summed E-state index contributed by atoms with van der Waals surface area (Å²) in [6, 6.07) is 9.48. The molecular formula is C19H26FN5. The van der Waals surface area contributed by atoms with E-state index in [-0.39, 0.29) is 5.82 Å². The highest BCUT2D eigenvalue weighted by Crippen LogP contribution is 2.16. The molecule has 2 aromatic rings. The first-order valence-corrected chi connectivity index (χ1v) is 8.80. The number of hydrogen-bond donors (Lipinski definition) is 1. The van der Waals surface area contributed by atoms with Crippen LogP contribution in [0.1, 0.15) is 24.1 Å². The van der Waals surface area contributed by atoms with Gasteiger partial charge in [-0.1, -0.05) is 18.2 Å². The number of piperidine rings is 1. The molecule has 0 spiro atoms. The topological polar surface area (TPSA) is 44.3 Å². The van der Waals surface area contributed by atoms with Gasteiger partial charge in [-0.15, -0.1) is 0 Å². The summed E-state index contributed by atoms with van der Waals surface area (Å²) in [6.07, 6.45) is 3.94. The predicted molar refractivity (Wildman–Crippen MR) is 97.9 cm³/mol. The van der Waals surface area contributed by atoms with Gasteiger partial charge in [-0.3, -0.25) is 4.90 Å². The van der Waals surface area contributed by atoms with Gasteiger partial charge in [0.05, 0.1) is 5.69 Å². The standard InChI is InChI=1S/C19H26FN5/c1-24(2)19-21-10-7-17(23-19)13-22-16-8-11-25(12-9-16)14-15-5-3-4-6-18(15)20/h3-7,10,16,22H,8-9,11-14H2,1-2H3.